The highest BCUT2D eigenvalue weighted by atomic mass is 16.5. The van der Waals surface area contributed by atoms with Crippen LogP contribution >= 0.6 is 0 Å². The van der Waals surface area contributed by atoms with Crippen LogP contribution in [0.2, 0.25) is 0 Å². The summed E-state index contributed by atoms with van der Waals surface area (Å²) in [5.41, 5.74) is -0.907. The molecule has 112 valence electrons. The summed E-state index contributed by atoms with van der Waals surface area (Å²) in [4.78, 5) is 24.2. The van der Waals surface area contributed by atoms with Gasteiger partial charge in [0.15, 0.2) is 0 Å². The maximum atomic E-state index is 12.3. The third kappa shape index (κ3) is 2.80. The summed E-state index contributed by atoms with van der Waals surface area (Å²) >= 11 is 0. The molecule has 1 aromatic rings. The second kappa shape index (κ2) is 6.05. The van der Waals surface area contributed by atoms with Crippen molar-refractivity contribution in [2.45, 2.75) is 31.8 Å². The van der Waals surface area contributed by atoms with Gasteiger partial charge < -0.3 is 14.9 Å². The second-order valence-corrected chi connectivity index (χ2v) is 4.74. The zero-order chi connectivity index (χ0) is 15.6. The van der Waals surface area contributed by atoms with E-state index in [1.165, 1.54) is 17.7 Å². The average Bonchev–Trinajstić information content (AvgIpc) is 2.84. The number of hydrogen-bond acceptors (Lipinski definition) is 6. The van der Waals surface area contributed by atoms with Gasteiger partial charge in [-0.15, -0.1) is 0 Å². The van der Waals surface area contributed by atoms with E-state index in [1.54, 1.807) is 6.07 Å². The lowest BCUT2D eigenvalue weighted by atomic mass is 10.2. The Morgan fingerprint density at radius 1 is 1.57 bits per heavy atom. The van der Waals surface area contributed by atoms with Gasteiger partial charge in [-0.1, -0.05) is 0 Å². The van der Waals surface area contributed by atoms with Crippen molar-refractivity contribution in [3.05, 3.63) is 38.7 Å². The third-order valence-corrected chi connectivity index (χ3v) is 3.31. The minimum Gasteiger partial charge on any atom is -0.394 e. The van der Waals surface area contributed by atoms with Crippen LogP contribution in [0.3, 0.4) is 0 Å². The van der Waals surface area contributed by atoms with Gasteiger partial charge in [0, 0.05) is 30.5 Å². The fourth-order valence-electron chi connectivity index (χ4n) is 2.22. The maximum Gasteiger partial charge on any atom is 0.337 e. The first-order valence-electron chi connectivity index (χ1n) is 6.34. The topological polar surface area (TPSA) is 117 Å². The van der Waals surface area contributed by atoms with Gasteiger partial charge >= 0.3 is 5.69 Å². The van der Waals surface area contributed by atoms with Gasteiger partial charge in [-0.25, -0.2) is 9.36 Å². The van der Waals surface area contributed by atoms with E-state index in [1.807, 2.05) is 0 Å². The van der Waals surface area contributed by atoms with E-state index in [-0.39, 0.29) is 13.0 Å². The molecule has 2 N–H and O–H groups in total. The van der Waals surface area contributed by atoms with Crippen molar-refractivity contribution in [3.63, 3.8) is 0 Å². The van der Waals surface area contributed by atoms with Gasteiger partial charge in [-0.2, -0.15) is 5.26 Å². The van der Waals surface area contributed by atoms with Crippen LogP contribution in [-0.4, -0.2) is 38.2 Å². The highest BCUT2D eigenvalue weighted by molar-refractivity contribution is 5.29. The highest BCUT2D eigenvalue weighted by Gasteiger charge is 2.35. The summed E-state index contributed by atoms with van der Waals surface area (Å²) in [5.74, 6) is 0. The second-order valence-electron chi connectivity index (χ2n) is 4.74. The minimum absolute atomic E-state index is 0.130. The van der Waals surface area contributed by atoms with Crippen molar-refractivity contribution >= 4 is 6.20 Å². The first kappa shape index (κ1) is 15.2. The minimum atomic E-state index is -0.887. The van der Waals surface area contributed by atoms with Crippen LogP contribution in [0.25, 0.3) is 6.20 Å². The monoisotopic (exact) mass is 293 g/mol. The number of nitriles is 1. The van der Waals surface area contributed by atoms with Crippen molar-refractivity contribution in [1.82, 2.24) is 9.13 Å². The smallest absolute Gasteiger partial charge is 0.337 e. The first-order valence-corrected chi connectivity index (χ1v) is 6.34. The molecule has 0 aromatic carbocycles. The SMILES string of the molecule is Cc1cn([C@H]2C[C@H](O)[C@@H](CO)O2)c(=O)n(/C=C/C#N)c1=O. The third-order valence-electron chi connectivity index (χ3n) is 3.31. The van der Waals surface area contributed by atoms with Crippen LogP contribution in [0.15, 0.2) is 21.9 Å². The Morgan fingerprint density at radius 2 is 2.29 bits per heavy atom. The predicted octanol–water partition coefficient (Wildman–Crippen LogP) is -1.05. The quantitative estimate of drug-likeness (QED) is 0.687. The van der Waals surface area contributed by atoms with E-state index in [0.717, 1.165) is 16.8 Å². The standard InChI is InChI=1S/C13H15N3O5/c1-8-6-16(11-5-9(18)10(7-17)21-11)13(20)15(12(8)19)4-2-3-14/h2,4,6,9-11,17-18H,5,7H2,1H3/b4-2+/t9-,10+,11+/m0/s1. The summed E-state index contributed by atoms with van der Waals surface area (Å²) < 4.78 is 7.39. The zero-order valence-corrected chi connectivity index (χ0v) is 11.3. The van der Waals surface area contributed by atoms with E-state index >= 15 is 0 Å². The van der Waals surface area contributed by atoms with Crippen molar-refractivity contribution in [3.8, 4) is 6.07 Å². The van der Waals surface area contributed by atoms with Crippen molar-refractivity contribution < 1.29 is 14.9 Å². The van der Waals surface area contributed by atoms with Gasteiger partial charge in [-0.05, 0) is 6.92 Å². The largest absolute Gasteiger partial charge is 0.394 e. The van der Waals surface area contributed by atoms with Gasteiger partial charge in [0.2, 0.25) is 0 Å². The zero-order valence-electron chi connectivity index (χ0n) is 11.3. The molecule has 1 aliphatic rings. The lowest BCUT2D eigenvalue weighted by molar-refractivity contribution is -0.0461. The van der Waals surface area contributed by atoms with Crippen LogP contribution < -0.4 is 11.2 Å². The van der Waals surface area contributed by atoms with Crippen LogP contribution in [0.5, 0.6) is 0 Å². The number of ether oxygens (including phenoxy) is 1. The Hall–Kier alpha value is -2.21. The van der Waals surface area contributed by atoms with Crippen molar-refractivity contribution in [2.24, 2.45) is 0 Å². The summed E-state index contributed by atoms with van der Waals surface area (Å²) in [7, 11) is 0. The van der Waals surface area contributed by atoms with Gasteiger partial charge in [0.05, 0.1) is 18.8 Å². The van der Waals surface area contributed by atoms with E-state index in [4.69, 9.17) is 15.1 Å². The summed E-state index contributed by atoms with van der Waals surface area (Å²) in [6, 6.07) is 1.71. The molecule has 21 heavy (non-hydrogen) atoms. The average molecular weight is 293 g/mol. The molecular formula is C13H15N3O5. The molecule has 0 amide bonds. The number of aliphatic hydroxyl groups excluding tert-OH is 2. The molecule has 8 nitrogen and oxygen atoms in total. The molecule has 0 radical (unpaired) electrons. The molecule has 0 aliphatic carbocycles. The van der Waals surface area contributed by atoms with Crippen molar-refractivity contribution in [2.75, 3.05) is 6.61 Å². The number of aliphatic hydroxyl groups is 2. The summed E-state index contributed by atoms with van der Waals surface area (Å²) in [6.07, 6.45) is 1.16. The van der Waals surface area contributed by atoms with Crippen LogP contribution in [-0.2, 0) is 4.74 Å². The lowest BCUT2D eigenvalue weighted by Crippen LogP contribution is -2.39. The van der Waals surface area contributed by atoms with Crippen LogP contribution in [0.1, 0.15) is 18.2 Å². The fraction of sp³-hybridized carbons (Fsp3) is 0.462. The number of aromatic nitrogens is 2. The Balaban J connectivity index is 2.50. The molecule has 1 fully saturated rings. The highest BCUT2D eigenvalue weighted by Crippen LogP contribution is 2.27. The Labute approximate surface area is 119 Å². The number of aryl methyl sites for hydroxylation is 1. The van der Waals surface area contributed by atoms with Crippen LogP contribution in [0.4, 0.5) is 0 Å². The van der Waals surface area contributed by atoms with Gasteiger partial charge in [-0.3, -0.25) is 9.36 Å². The molecule has 8 heteroatoms. The molecule has 0 spiro atoms. The van der Waals surface area contributed by atoms with Crippen molar-refractivity contribution in [1.29, 1.82) is 5.26 Å². The Morgan fingerprint density at radius 3 is 2.86 bits per heavy atom. The Kier molecular flexibility index (Phi) is 4.37. The van der Waals surface area contributed by atoms with E-state index in [0.29, 0.717) is 5.56 Å². The molecule has 1 saturated heterocycles. The molecule has 0 unspecified atom stereocenters. The molecule has 3 atom stereocenters. The number of nitrogens with zero attached hydrogens (tertiary/aromatic N) is 3. The first-order chi connectivity index (χ1) is 9.99. The van der Waals surface area contributed by atoms with Gasteiger partial charge in [0.25, 0.3) is 5.56 Å². The molecular weight excluding hydrogens is 278 g/mol. The fourth-order valence-corrected chi connectivity index (χ4v) is 2.22. The number of rotatable bonds is 3. The molecule has 0 bridgehead atoms. The van der Waals surface area contributed by atoms with E-state index in [2.05, 4.69) is 0 Å². The van der Waals surface area contributed by atoms with E-state index in [9.17, 15) is 14.7 Å². The number of allylic oxidation sites excluding steroid dienone is 1. The lowest BCUT2D eigenvalue weighted by Gasteiger charge is -2.16. The van der Waals surface area contributed by atoms with Crippen LogP contribution in [0, 0.1) is 18.3 Å². The molecule has 0 saturated carbocycles. The molecule has 1 aromatic heterocycles. The molecule has 1 aliphatic heterocycles. The normalized spacial score (nSPS) is 25.3. The molecule has 2 heterocycles. The van der Waals surface area contributed by atoms with Gasteiger partial charge in [0.1, 0.15) is 12.3 Å². The Bertz CT molecular complexity index is 712. The van der Waals surface area contributed by atoms with E-state index < -0.39 is 29.7 Å². The summed E-state index contributed by atoms with van der Waals surface area (Å²) in [5, 5.41) is 27.3. The molecule has 2 rings (SSSR count). The summed E-state index contributed by atoms with van der Waals surface area (Å²) in [6.45, 7) is 1.17. The maximum absolute atomic E-state index is 12.3. The predicted molar refractivity (Wildman–Crippen MR) is 72.3 cm³/mol. The number of hydrogen-bond donors (Lipinski definition) is 2.